The Morgan fingerprint density at radius 3 is 2.63 bits per heavy atom. The van der Waals surface area contributed by atoms with Crippen molar-refractivity contribution in [3.8, 4) is 0 Å². The highest BCUT2D eigenvalue weighted by Gasteiger charge is 2.17. The van der Waals surface area contributed by atoms with Crippen LogP contribution in [0.5, 0.6) is 0 Å². The normalized spacial score (nSPS) is 11.7. The number of nitrogens with two attached hydrogens (primary N) is 1. The van der Waals surface area contributed by atoms with Crippen LogP contribution in [0.25, 0.3) is 0 Å². The summed E-state index contributed by atoms with van der Waals surface area (Å²) in [5.74, 6) is 0.467. The van der Waals surface area contributed by atoms with Crippen molar-refractivity contribution in [3.05, 3.63) is 41.3 Å². The molecule has 0 aliphatic carbocycles. The van der Waals surface area contributed by atoms with Crippen molar-refractivity contribution >= 4 is 15.7 Å². The number of hydrogen-bond donors (Lipinski definition) is 2. The first kappa shape index (κ1) is 13.6. The molecule has 0 fully saturated rings. The highest BCUT2D eigenvalue weighted by molar-refractivity contribution is 7.89. The van der Waals surface area contributed by atoms with Gasteiger partial charge in [0, 0.05) is 11.8 Å². The molecule has 0 atom stereocenters. The second-order valence-corrected chi connectivity index (χ2v) is 6.02. The molecule has 0 radical (unpaired) electrons. The topological polar surface area (TPSA) is 98.2 Å². The van der Waals surface area contributed by atoms with Crippen LogP contribution in [-0.2, 0) is 16.6 Å². The standard InChI is InChI=1S/C12H15N3O3S/c1-8-5-10(13)3-4-12(8)19(16,17)14-7-11-6-9(2)15-18-11/h3-6,14H,7,13H2,1-2H3. The van der Waals surface area contributed by atoms with Crippen LogP contribution in [0.1, 0.15) is 17.0 Å². The lowest BCUT2D eigenvalue weighted by molar-refractivity contribution is 0.377. The van der Waals surface area contributed by atoms with Crippen molar-refractivity contribution in [2.45, 2.75) is 25.3 Å². The highest BCUT2D eigenvalue weighted by atomic mass is 32.2. The van der Waals surface area contributed by atoms with Gasteiger partial charge in [0.15, 0.2) is 5.76 Å². The largest absolute Gasteiger partial charge is 0.399 e. The van der Waals surface area contributed by atoms with Gasteiger partial charge in [-0.15, -0.1) is 0 Å². The second kappa shape index (κ2) is 5.02. The summed E-state index contributed by atoms with van der Waals surface area (Å²) in [6, 6.07) is 6.34. The van der Waals surface area contributed by atoms with Crippen LogP contribution < -0.4 is 10.5 Å². The van der Waals surface area contributed by atoms with E-state index in [1.54, 1.807) is 32.0 Å². The number of hydrogen-bond acceptors (Lipinski definition) is 5. The summed E-state index contributed by atoms with van der Waals surface area (Å²) >= 11 is 0. The smallest absolute Gasteiger partial charge is 0.241 e. The fraction of sp³-hybridized carbons (Fsp3) is 0.250. The monoisotopic (exact) mass is 281 g/mol. The fourth-order valence-corrected chi connectivity index (χ4v) is 2.94. The number of nitrogens with zero attached hydrogens (tertiary/aromatic N) is 1. The second-order valence-electron chi connectivity index (χ2n) is 4.28. The number of aryl methyl sites for hydroxylation is 2. The molecular formula is C12H15N3O3S. The first-order chi connectivity index (χ1) is 8.88. The van der Waals surface area contributed by atoms with Gasteiger partial charge in [0.05, 0.1) is 17.1 Å². The van der Waals surface area contributed by atoms with Crippen LogP contribution in [0.2, 0.25) is 0 Å². The van der Waals surface area contributed by atoms with Gasteiger partial charge in [0.25, 0.3) is 0 Å². The number of rotatable bonds is 4. The molecule has 0 bridgehead atoms. The van der Waals surface area contributed by atoms with E-state index in [9.17, 15) is 8.42 Å². The highest BCUT2D eigenvalue weighted by Crippen LogP contribution is 2.18. The van der Waals surface area contributed by atoms with E-state index in [0.717, 1.165) is 0 Å². The Kier molecular flexibility index (Phi) is 3.59. The van der Waals surface area contributed by atoms with Crippen LogP contribution in [0.3, 0.4) is 0 Å². The first-order valence-corrected chi connectivity index (χ1v) is 7.15. The van der Waals surface area contributed by atoms with Crippen LogP contribution in [0.15, 0.2) is 33.7 Å². The molecule has 0 aliphatic heterocycles. The molecule has 19 heavy (non-hydrogen) atoms. The van der Waals surface area contributed by atoms with Gasteiger partial charge in [-0.25, -0.2) is 13.1 Å². The SMILES string of the molecule is Cc1cc(CNS(=O)(=O)c2ccc(N)cc2C)on1. The van der Waals surface area contributed by atoms with Crippen LogP contribution >= 0.6 is 0 Å². The number of sulfonamides is 1. The Labute approximate surface area is 111 Å². The summed E-state index contributed by atoms with van der Waals surface area (Å²) in [5, 5.41) is 3.69. The van der Waals surface area contributed by atoms with E-state index in [1.165, 1.54) is 6.07 Å². The molecule has 6 nitrogen and oxygen atoms in total. The van der Waals surface area contributed by atoms with Gasteiger partial charge in [-0.2, -0.15) is 0 Å². The molecule has 3 N–H and O–H groups in total. The molecule has 0 saturated heterocycles. The molecule has 0 aliphatic rings. The van der Waals surface area contributed by atoms with E-state index in [1.807, 2.05) is 0 Å². The summed E-state index contributed by atoms with van der Waals surface area (Å²) in [7, 11) is -3.59. The third-order valence-corrected chi connectivity index (χ3v) is 4.16. The Morgan fingerprint density at radius 2 is 2.05 bits per heavy atom. The molecule has 2 rings (SSSR count). The van der Waals surface area contributed by atoms with Gasteiger partial charge in [0.1, 0.15) is 0 Å². The predicted octanol–water partition coefficient (Wildman–Crippen LogP) is 1.35. The zero-order chi connectivity index (χ0) is 14.0. The molecule has 0 unspecified atom stereocenters. The third-order valence-electron chi connectivity index (χ3n) is 2.60. The van der Waals surface area contributed by atoms with Gasteiger partial charge >= 0.3 is 0 Å². The van der Waals surface area contributed by atoms with E-state index in [2.05, 4.69) is 9.88 Å². The molecule has 2 aromatic rings. The van der Waals surface area contributed by atoms with Crippen molar-refractivity contribution < 1.29 is 12.9 Å². The molecule has 1 heterocycles. The molecule has 0 saturated carbocycles. The summed E-state index contributed by atoms with van der Waals surface area (Å²) in [4.78, 5) is 0.206. The first-order valence-electron chi connectivity index (χ1n) is 5.66. The maximum Gasteiger partial charge on any atom is 0.241 e. The molecule has 0 amide bonds. The van der Waals surface area contributed by atoms with Gasteiger partial charge in [-0.3, -0.25) is 0 Å². The number of aromatic nitrogens is 1. The molecule has 7 heteroatoms. The number of anilines is 1. The van der Waals surface area contributed by atoms with E-state index in [4.69, 9.17) is 10.3 Å². The molecule has 1 aromatic carbocycles. The third kappa shape index (κ3) is 3.12. The lowest BCUT2D eigenvalue weighted by Crippen LogP contribution is -2.23. The zero-order valence-corrected chi connectivity index (χ0v) is 11.5. The predicted molar refractivity (Wildman–Crippen MR) is 70.9 cm³/mol. The fourth-order valence-electron chi connectivity index (χ4n) is 1.72. The molecular weight excluding hydrogens is 266 g/mol. The average molecular weight is 281 g/mol. The summed E-state index contributed by atoms with van der Waals surface area (Å²) in [5.41, 5.74) is 7.43. The minimum atomic E-state index is -3.59. The Hall–Kier alpha value is -1.86. The van der Waals surface area contributed by atoms with Crippen molar-refractivity contribution in [2.75, 3.05) is 5.73 Å². The van der Waals surface area contributed by atoms with Gasteiger partial charge in [-0.1, -0.05) is 5.16 Å². The quantitative estimate of drug-likeness (QED) is 0.824. The number of nitrogen functional groups attached to an aromatic ring is 1. The lowest BCUT2D eigenvalue weighted by atomic mass is 10.2. The van der Waals surface area contributed by atoms with Gasteiger partial charge < -0.3 is 10.3 Å². The van der Waals surface area contributed by atoms with E-state index in [-0.39, 0.29) is 11.4 Å². The number of benzene rings is 1. The van der Waals surface area contributed by atoms with Crippen LogP contribution in [0.4, 0.5) is 5.69 Å². The van der Waals surface area contributed by atoms with Crippen molar-refractivity contribution in [1.29, 1.82) is 0 Å². The Balaban J connectivity index is 2.18. The van der Waals surface area contributed by atoms with E-state index in [0.29, 0.717) is 22.7 Å². The van der Waals surface area contributed by atoms with E-state index < -0.39 is 10.0 Å². The minimum Gasteiger partial charge on any atom is -0.399 e. The summed E-state index contributed by atoms with van der Waals surface area (Å²) < 4.78 is 31.7. The molecule has 1 aromatic heterocycles. The molecule has 0 spiro atoms. The van der Waals surface area contributed by atoms with Gasteiger partial charge in [0.2, 0.25) is 10.0 Å². The zero-order valence-electron chi connectivity index (χ0n) is 10.7. The average Bonchev–Trinajstić information content (AvgIpc) is 2.72. The Morgan fingerprint density at radius 1 is 1.32 bits per heavy atom. The Bertz CT molecular complexity index is 692. The van der Waals surface area contributed by atoms with E-state index >= 15 is 0 Å². The van der Waals surface area contributed by atoms with Crippen LogP contribution in [-0.4, -0.2) is 13.6 Å². The van der Waals surface area contributed by atoms with Crippen LogP contribution in [0, 0.1) is 13.8 Å². The maximum atomic E-state index is 12.1. The van der Waals surface area contributed by atoms with Crippen molar-refractivity contribution in [3.63, 3.8) is 0 Å². The lowest BCUT2D eigenvalue weighted by Gasteiger charge is -2.08. The van der Waals surface area contributed by atoms with Crippen molar-refractivity contribution in [1.82, 2.24) is 9.88 Å². The summed E-state index contributed by atoms with van der Waals surface area (Å²) in [6.07, 6.45) is 0. The summed E-state index contributed by atoms with van der Waals surface area (Å²) in [6.45, 7) is 3.53. The minimum absolute atomic E-state index is 0.0625. The van der Waals surface area contributed by atoms with Gasteiger partial charge in [-0.05, 0) is 37.6 Å². The maximum absolute atomic E-state index is 12.1. The molecule has 102 valence electrons. The number of nitrogens with one attached hydrogen (secondary N) is 1. The van der Waals surface area contributed by atoms with Crippen molar-refractivity contribution in [2.24, 2.45) is 0 Å².